The Kier molecular flexibility index (Phi) is 4.50. The van der Waals surface area contributed by atoms with Crippen molar-refractivity contribution in [3.63, 3.8) is 0 Å². The van der Waals surface area contributed by atoms with Gasteiger partial charge in [-0.2, -0.15) is 0 Å². The van der Waals surface area contributed by atoms with Gasteiger partial charge in [-0.1, -0.05) is 24.3 Å². The highest BCUT2D eigenvalue weighted by Gasteiger charge is 2.12. The van der Waals surface area contributed by atoms with E-state index in [1.54, 1.807) is 42.5 Å². The fraction of sp³-hybridized carbons (Fsp3) is 0.133. The number of carbonyl (C=O) groups is 1. The number of carboxylic acid groups (broad SMARTS) is 1. The second kappa shape index (κ2) is 6.51. The van der Waals surface area contributed by atoms with E-state index < -0.39 is 10.9 Å². The molecule has 0 aromatic heterocycles. The van der Waals surface area contributed by atoms with Crippen LogP contribution < -0.4 is 4.74 Å². The van der Waals surface area contributed by atoms with Gasteiger partial charge in [-0.25, -0.2) is 0 Å². The summed E-state index contributed by atoms with van der Waals surface area (Å²) in [6.45, 7) is 0.0788. The van der Waals surface area contributed by atoms with Crippen molar-refractivity contribution >= 4 is 11.7 Å². The van der Waals surface area contributed by atoms with Crippen LogP contribution in [0.5, 0.6) is 5.75 Å². The highest BCUT2D eigenvalue weighted by Crippen LogP contribution is 2.20. The summed E-state index contributed by atoms with van der Waals surface area (Å²) in [5.41, 5.74) is 1.16. The second-order valence-electron chi connectivity index (χ2n) is 4.39. The molecule has 0 heterocycles. The van der Waals surface area contributed by atoms with Crippen molar-refractivity contribution in [3.05, 3.63) is 69.8 Å². The highest BCUT2D eigenvalue weighted by atomic mass is 16.6. The smallest absolute Gasteiger partial charge is 0.307 e. The molecule has 0 aliphatic carbocycles. The Morgan fingerprint density at radius 2 is 1.81 bits per heavy atom. The van der Waals surface area contributed by atoms with Crippen molar-refractivity contribution in [3.8, 4) is 5.75 Å². The molecule has 0 saturated heterocycles. The Morgan fingerprint density at radius 1 is 1.14 bits per heavy atom. The van der Waals surface area contributed by atoms with Crippen LogP contribution in [0.3, 0.4) is 0 Å². The van der Waals surface area contributed by atoms with Crippen LogP contribution in [0, 0.1) is 10.1 Å². The molecule has 108 valence electrons. The zero-order valence-electron chi connectivity index (χ0n) is 11.1. The molecule has 21 heavy (non-hydrogen) atoms. The predicted molar refractivity (Wildman–Crippen MR) is 75.2 cm³/mol. The summed E-state index contributed by atoms with van der Waals surface area (Å²) in [6.07, 6.45) is -0.0512. The van der Waals surface area contributed by atoms with E-state index in [4.69, 9.17) is 9.84 Å². The zero-order valence-corrected chi connectivity index (χ0v) is 11.1. The van der Waals surface area contributed by atoms with Gasteiger partial charge in [-0.15, -0.1) is 0 Å². The van der Waals surface area contributed by atoms with E-state index in [0.717, 1.165) is 0 Å². The predicted octanol–water partition coefficient (Wildman–Crippen LogP) is 2.80. The van der Waals surface area contributed by atoms with Gasteiger partial charge in [0.2, 0.25) is 0 Å². The number of hydrogen-bond donors (Lipinski definition) is 1. The van der Waals surface area contributed by atoms with Crippen LogP contribution >= 0.6 is 0 Å². The molecule has 0 bridgehead atoms. The second-order valence-corrected chi connectivity index (χ2v) is 4.39. The van der Waals surface area contributed by atoms with Crippen molar-refractivity contribution in [1.29, 1.82) is 0 Å². The minimum absolute atomic E-state index is 0.0139. The molecule has 0 radical (unpaired) electrons. The Hall–Kier alpha value is -2.89. The zero-order chi connectivity index (χ0) is 15.2. The summed E-state index contributed by atoms with van der Waals surface area (Å²) in [5.74, 6) is -0.370. The Bertz CT molecular complexity index is 651. The van der Waals surface area contributed by atoms with Crippen molar-refractivity contribution < 1.29 is 19.6 Å². The van der Waals surface area contributed by atoms with Crippen LogP contribution in [0.15, 0.2) is 48.5 Å². The quantitative estimate of drug-likeness (QED) is 0.651. The number of ether oxygens (including phenoxy) is 1. The number of benzene rings is 2. The standard InChI is InChI=1S/C15H13NO5/c17-15(18)9-11-5-7-13(8-6-11)21-10-12-3-1-2-4-14(12)16(19)20/h1-8H,9-10H2,(H,17,18). The SMILES string of the molecule is O=C(O)Cc1ccc(OCc2ccccc2[N+](=O)[O-])cc1. The first kappa shape index (κ1) is 14.5. The van der Waals surface area contributed by atoms with Gasteiger partial charge in [0, 0.05) is 6.07 Å². The number of rotatable bonds is 6. The summed E-state index contributed by atoms with van der Waals surface area (Å²) in [6, 6.07) is 13.0. The topological polar surface area (TPSA) is 89.7 Å². The van der Waals surface area contributed by atoms with Crippen LogP contribution in [-0.4, -0.2) is 16.0 Å². The van der Waals surface area contributed by atoms with Crippen molar-refractivity contribution in [2.24, 2.45) is 0 Å². The summed E-state index contributed by atoms with van der Waals surface area (Å²) in [5, 5.41) is 19.6. The minimum Gasteiger partial charge on any atom is -0.489 e. The number of aliphatic carboxylic acids is 1. The monoisotopic (exact) mass is 287 g/mol. The van der Waals surface area contributed by atoms with Gasteiger partial charge in [-0.05, 0) is 23.8 Å². The van der Waals surface area contributed by atoms with E-state index in [9.17, 15) is 14.9 Å². The molecule has 6 heteroatoms. The molecule has 0 atom stereocenters. The number of para-hydroxylation sites is 1. The molecule has 0 spiro atoms. The maximum absolute atomic E-state index is 10.9. The normalized spacial score (nSPS) is 10.1. The molecular weight excluding hydrogens is 274 g/mol. The average molecular weight is 287 g/mol. The van der Waals surface area contributed by atoms with E-state index in [2.05, 4.69) is 0 Å². The number of nitro benzene ring substituents is 1. The summed E-state index contributed by atoms with van der Waals surface area (Å²) >= 11 is 0. The number of carboxylic acids is 1. The summed E-state index contributed by atoms with van der Waals surface area (Å²) in [4.78, 5) is 21.0. The van der Waals surface area contributed by atoms with Crippen molar-refractivity contribution in [2.75, 3.05) is 0 Å². The fourth-order valence-electron chi connectivity index (χ4n) is 1.85. The minimum atomic E-state index is -0.899. The largest absolute Gasteiger partial charge is 0.489 e. The van der Waals surface area contributed by atoms with Gasteiger partial charge >= 0.3 is 5.97 Å². The van der Waals surface area contributed by atoms with Crippen molar-refractivity contribution in [2.45, 2.75) is 13.0 Å². The van der Waals surface area contributed by atoms with Gasteiger partial charge in [0.1, 0.15) is 12.4 Å². The Morgan fingerprint density at radius 3 is 2.43 bits per heavy atom. The van der Waals surface area contributed by atoms with Gasteiger partial charge in [-0.3, -0.25) is 14.9 Å². The summed E-state index contributed by atoms with van der Waals surface area (Å²) in [7, 11) is 0. The molecule has 2 aromatic rings. The molecule has 0 aliphatic heterocycles. The van der Waals surface area contributed by atoms with Crippen molar-refractivity contribution in [1.82, 2.24) is 0 Å². The van der Waals surface area contributed by atoms with Crippen LogP contribution in [0.1, 0.15) is 11.1 Å². The van der Waals surface area contributed by atoms with E-state index in [1.165, 1.54) is 6.07 Å². The highest BCUT2D eigenvalue weighted by molar-refractivity contribution is 5.70. The molecule has 0 unspecified atom stereocenters. The lowest BCUT2D eigenvalue weighted by Crippen LogP contribution is -2.01. The van der Waals surface area contributed by atoms with Gasteiger partial charge < -0.3 is 9.84 Å². The summed E-state index contributed by atoms with van der Waals surface area (Å²) < 4.78 is 5.49. The lowest BCUT2D eigenvalue weighted by atomic mass is 10.1. The molecule has 0 saturated carbocycles. The molecule has 2 aromatic carbocycles. The third-order valence-electron chi connectivity index (χ3n) is 2.86. The van der Waals surface area contributed by atoms with E-state index in [0.29, 0.717) is 16.9 Å². The molecule has 2 rings (SSSR count). The lowest BCUT2D eigenvalue weighted by Gasteiger charge is -2.07. The first-order valence-electron chi connectivity index (χ1n) is 6.22. The van der Waals surface area contributed by atoms with Crippen LogP contribution in [0.25, 0.3) is 0 Å². The van der Waals surface area contributed by atoms with E-state index in [1.807, 2.05) is 0 Å². The third kappa shape index (κ3) is 4.04. The van der Waals surface area contributed by atoms with Gasteiger partial charge in [0.15, 0.2) is 0 Å². The Balaban J connectivity index is 2.03. The third-order valence-corrected chi connectivity index (χ3v) is 2.86. The number of hydrogen-bond acceptors (Lipinski definition) is 4. The number of nitro groups is 1. The van der Waals surface area contributed by atoms with E-state index in [-0.39, 0.29) is 18.7 Å². The molecule has 1 N–H and O–H groups in total. The number of nitrogens with zero attached hydrogens (tertiary/aromatic N) is 1. The maximum Gasteiger partial charge on any atom is 0.307 e. The van der Waals surface area contributed by atoms with Crippen LogP contribution in [-0.2, 0) is 17.8 Å². The van der Waals surface area contributed by atoms with Crippen LogP contribution in [0.2, 0.25) is 0 Å². The fourth-order valence-corrected chi connectivity index (χ4v) is 1.85. The van der Waals surface area contributed by atoms with Crippen LogP contribution in [0.4, 0.5) is 5.69 Å². The Labute approximate surface area is 120 Å². The maximum atomic E-state index is 10.9. The molecule has 6 nitrogen and oxygen atoms in total. The molecule has 0 amide bonds. The lowest BCUT2D eigenvalue weighted by molar-refractivity contribution is -0.385. The van der Waals surface area contributed by atoms with Gasteiger partial charge in [0.05, 0.1) is 16.9 Å². The van der Waals surface area contributed by atoms with Gasteiger partial charge in [0.25, 0.3) is 5.69 Å². The van der Waals surface area contributed by atoms with E-state index >= 15 is 0 Å². The molecular formula is C15H13NO5. The average Bonchev–Trinajstić information content (AvgIpc) is 2.46. The first-order chi connectivity index (χ1) is 10.1. The first-order valence-corrected chi connectivity index (χ1v) is 6.22. The molecule has 0 aliphatic rings. The molecule has 0 fully saturated rings.